The Morgan fingerprint density at radius 3 is 2.00 bits per heavy atom. The summed E-state index contributed by atoms with van der Waals surface area (Å²) in [7, 11) is 0. The summed E-state index contributed by atoms with van der Waals surface area (Å²) >= 11 is 0. The molecule has 2 atom stereocenters. The Kier molecular flexibility index (Phi) is 17.4. The lowest BCUT2D eigenvalue weighted by Gasteiger charge is -2.32. The molecular weight excluding hydrogens is 306 g/mol. The van der Waals surface area contributed by atoms with Gasteiger partial charge in [0.1, 0.15) is 0 Å². The molecule has 5 N–H and O–H groups in total. The van der Waals surface area contributed by atoms with E-state index in [4.69, 9.17) is 15.3 Å². The second-order valence-electron chi connectivity index (χ2n) is 6.70. The van der Waals surface area contributed by atoms with Gasteiger partial charge in [-0.05, 0) is 72.0 Å². The molecule has 0 rings (SSSR count). The Hall–Kier alpha value is -0.240. The molecule has 0 saturated carbocycles. The fourth-order valence-corrected chi connectivity index (χ4v) is 2.72. The predicted octanol–water partition coefficient (Wildman–Crippen LogP) is 0.562. The van der Waals surface area contributed by atoms with E-state index in [0.29, 0.717) is 12.1 Å². The zero-order valence-electron chi connectivity index (χ0n) is 15.8. The van der Waals surface area contributed by atoms with E-state index in [2.05, 4.69) is 29.4 Å². The molecule has 0 fully saturated rings. The van der Waals surface area contributed by atoms with E-state index in [1.807, 2.05) is 0 Å². The standard InChI is InChI=1S/C18H41N3O3/c1-17(20-10-4-7-13-23)16-21(11-5-8-14-24)18(2)15-19-9-3-6-12-22/h17-20,22-24H,3-16H2,1-2H3. The molecule has 0 saturated heterocycles. The zero-order chi connectivity index (χ0) is 18.0. The lowest BCUT2D eigenvalue weighted by molar-refractivity contribution is 0.175. The molecule has 24 heavy (non-hydrogen) atoms. The Morgan fingerprint density at radius 2 is 1.38 bits per heavy atom. The van der Waals surface area contributed by atoms with Gasteiger partial charge in [0.15, 0.2) is 0 Å². The molecule has 146 valence electrons. The first-order valence-corrected chi connectivity index (χ1v) is 9.66. The van der Waals surface area contributed by atoms with Crippen LogP contribution in [0.2, 0.25) is 0 Å². The second kappa shape index (κ2) is 17.6. The van der Waals surface area contributed by atoms with Crippen molar-refractivity contribution in [2.45, 2.75) is 64.5 Å². The van der Waals surface area contributed by atoms with Gasteiger partial charge in [0.2, 0.25) is 0 Å². The van der Waals surface area contributed by atoms with E-state index in [1.165, 1.54) is 0 Å². The Bertz CT molecular complexity index is 258. The molecular formula is C18H41N3O3. The van der Waals surface area contributed by atoms with Crippen LogP contribution < -0.4 is 10.6 Å². The van der Waals surface area contributed by atoms with Crippen molar-refractivity contribution in [3.8, 4) is 0 Å². The van der Waals surface area contributed by atoms with Crippen LogP contribution in [-0.2, 0) is 0 Å². The smallest absolute Gasteiger partial charge is 0.0431 e. The molecule has 2 unspecified atom stereocenters. The number of unbranched alkanes of at least 4 members (excludes halogenated alkanes) is 3. The molecule has 6 heteroatoms. The van der Waals surface area contributed by atoms with E-state index in [0.717, 1.165) is 71.2 Å². The normalized spacial score (nSPS) is 14.2. The van der Waals surface area contributed by atoms with Crippen molar-refractivity contribution in [3.63, 3.8) is 0 Å². The maximum absolute atomic E-state index is 9.01. The van der Waals surface area contributed by atoms with Gasteiger partial charge in [0.25, 0.3) is 0 Å². The summed E-state index contributed by atoms with van der Waals surface area (Å²) in [6.07, 6.45) is 5.60. The molecule has 0 aromatic rings. The van der Waals surface area contributed by atoms with Gasteiger partial charge in [-0.2, -0.15) is 0 Å². The minimum Gasteiger partial charge on any atom is -0.396 e. The lowest BCUT2D eigenvalue weighted by atomic mass is 10.2. The molecule has 0 aliphatic carbocycles. The third kappa shape index (κ3) is 14.1. The van der Waals surface area contributed by atoms with Gasteiger partial charge in [-0.1, -0.05) is 0 Å². The van der Waals surface area contributed by atoms with Gasteiger partial charge in [0.05, 0.1) is 0 Å². The Labute approximate surface area is 148 Å². The summed E-state index contributed by atoms with van der Waals surface area (Å²) in [6, 6.07) is 0.856. The molecule has 0 aliphatic heterocycles. The van der Waals surface area contributed by atoms with E-state index in [-0.39, 0.29) is 19.8 Å². The second-order valence-corrected chi connectivity index (χ2v) is 6.70. The molecule has 0 aromatic carbocycles. The highest BCUT2D eigenvalue weighted by atomic mass is 16.3. The van der Waals surface area contributed by atoms with Crippen LogP contribution >= 0.6 is 0 Å². The van der Waals surface area contributed by atoms with Gasteiger partial charge in [-0.3, -0.25) is 4.90 Å². The van der Waals surface area contributed by atoms with Crippen LogP contribution in [0, 0.1) is 0 Å². The first-order valence-electron chi connectivity index (χ1n) is 9.66. The van der Waals surface area contributed by atoms with E-state index >= 15 is 0 Å². The highest BCUT2D eigenvalue weighted by Gasteiger charge is 2.16. The van der Waals surface area contributed by atoms with Crippen LogP contribution in [0.4, 0.5) is 0 Å². The highest BCUT2D eigenvalue weighted by molar-refractivity contribution is 4.75. The number of hydrogen-bond donors (Lipinski definition) is 5. The monoisotopic (exact) mass is 347 g/mol. The predicted molar refractivity (Wildman–Crippen MR) is 100 cm³/mol. The molecule has 6 nitrogen and oxygen atoms in total. The number of nitrogens with zero attached hydrogens (tertiary/aromatic N) is 1. The van der Waals surface area contributed by atoms with E-state index in [9.17, 15) is 0 Å². The average Bonchev–Trinajstić information content (AvgIpc) is 2.57. The van der Waals surface area contributed by atoms with Crippen molar-refractivity contribution >= 4 is 0 Å². The van der Waals surface area contributed by atoms with Gasteiger partial charge in [-0.15, -0.1) is 0 Å². The maximum Gasteiger partial charge on any atom is 0.0431 e. The van der Waals surface area contributed by atoms with Crippen molar-refractivity contribution in [2.24, 2.45) is 0 Å². The van der Waals surface area contributed by atoms with Crippen LogP contribution in [-0.4, -0.2) is 84.8 Å². The van der Waals surface area contributed by atoms with Crippen LogP contribution in [0.15, 0.2) is 0 Å². The first kappa shape index (κ1) is 23.8. The third-order valence-electron chi connectivity index (χ3n) is 4.26. The molecule has 0 bridgehead atoms. The molecule has 0 aliphatic rings. The third-order valence-corrected chi connectivity index (χ3v) is 4.26. The van der Waals surface area contributed by atoms with Crippen molar-refractivity contribution in [1.82, 2.24) is 15.5 Å². The summed E-state index contributed by atoms with van der Waals surface area (Å²) in [6.45, 7) is 10.1. The van der Waals surface area contributed by atoms with E-state index < -0.39 is 0 Å². The Balaban J connectivity index is 4.13. The lowest BCUT2D eigenvalue weighted by Crippen LogP contribution is -2.47. The van der Waals surface area contributed by atoms with Crippen molar-refractivity contribution in [2.75, 3.05) is 52.5 Å². The molecule has 0 aromatic heterocycles. The molecule has 0 amide bonds. The number of nitrogens with one attached hydrogen (secondary N) is 2. The fourth-order valence-electron chi connectivity index (χ4n) is 2.72. The fraction of sp³-hybridized carbons (Fsp3) is 1.00. The first-order chi connectivity index (χ1) is 11.7. The van der Waals surface area contributed by atoms with Crippen molar-refractivity contribution in [3.05, 3.63) is 0 Å². The van der Waals surface area contributed by atoms with Gasteiger partial charge < -0.3 is 26.0 Å². The van der Waals surface area contributed by atoms with Crippen LogP contribution in [0.25, 0.3) is 0 Å². The topological polar surface area (TPSA) is 88.0 Å². The quantitative estimate of drug-likeness (QED) is 0.233. The minimum atomic E-state index is 0.261. The van der Waals surface area contributed by atoms with Gasteiger partial charge in [0, 0.05) is 45.0 Å². The van der Waals surface area contributed by atoms with Crippen molar-refractivity contribution in [1.29, 1.82) is 0 Å². The summed E-state index contributed by atoms with van der Waals surface area (Å²) in [5.74, 6) is 0. The maximum atomic E-state index is 9.01. The average molecular weight is 348 g/mol. The molecule has 0 spiro atoms. The summed E-state index contributed by atoms with van der Waals surface area (Å²) in [4.78, 5) is 2.48. The van der Waals surface area contributed by atoms with E-state index in [1.54, 1.807) is 0 Å². The van der Waals surface area contributed by atoms with Crippen LogP contribution in [0.3, 0.4) is 0 Å². The van der Waals surface area contributed by atoms with Gasteiger partial charge >= 0.3 is 0 Å². The number of aliphatic hydroxyl groups is 3. The van der Waals surface area contributed by atoms with Gasteiger partial charge in [-0.25, -0.2) is 0 Å². The SMILES string of the molecule is CC(CN(CCCCO)C(C)CNCCCCO)NCCCCO. The largest absolute Gasteiger partial charge is 0.396 e. The number of rotatable bonds is 18. The Morgan fingerprint density at radius 1 is 0.792 bits per heavy atom. The summed E-state index contributed by atoms with van der Waals surface area (Å²) in [5, 5.41) is 33.6. The summed E-state index contributed by atoms with van der Waals surface area (Å²) < 4.78 is 0. The summed E-state index contributed by atoms with van der Waals surface area (Å²) in [5.41, 5.74) is 0. The van der Waals surface area contributed by atoms with Crippen LogP contribution in [0.1, 0.15) is 52.4 Å². The number of aliphatic hydroxyl groups excluding tert-OH is 3. The molecule has 0 heterocycles. The highest BCUT2D eigenvalue weighted by Crippen LogP contribution is 2.04. The number of hydrogen-bond acceptors (Lipinski definition) is 6. The zero-order valence-corrected chi connectivity index (χ0v) is 15.8. The molecule has 0 radical (unpaired) electrons. The van der Waals surface area contributed by atoms with Crippen LogP contribution in [0.5, 0.6) is 0 Å². The minimum absolute atomic E-state index is 0.261. The van der Waals surface area contributed by atoms with Crippen molar-refractivity contribution < 1.29 is 15.3 Å².